The number of anilines is 1. The fourth-order valence-electron chi connectivity index (χ4n) is 2.09. The van der Waals surface area contributed by atoms with Gasteiger partial charge >= 0.3 is 0 Å². The first-order valence-corrected chi connectivity index (χ1v) is 7.62. The molecule has 1 amide bonds. The van der Waals surface area contributed by atoms with E-state index >= 15 is 0 Å². The molecular formula is C16H20N2OS. The molecule has 0 saturated carbocycles. The van der Waals surface area contributed by atoms with Crippen LogP contribution in [0.15, 0.2) is 35.7 Å². The average molecular weight is 288 g/mol. The zero-order chi connectivity index (χ0) is 14.5. The van der Waals surface area contributed by atoms with Crippen LogP contribution in [0.4, 0.5) is 5.69 Å². The Morgan fingerprint density at radius 1 is 1.35 bits per heavy atom. The van der Waals surface area contributed by atoms with Crippen LogP contribution in [-0.2, 0) is 6.54 Å². The Morgan fingerprint density at radius 3 is 2.80 bits per heavy atom. The fourth-order valence-corrected chi connectivity index (χ4v) is 2.85. The van der Waals surface area contributed by atoms with E-state index in [0.717, 1.165) is 23.4 Å². The van der Waals surface area contributed by atoms with Crippen molar-refractivity contribution >= 4 is 22.9 Å². The van der Waals surface area contributed by atoms with Gasteiger partial charge in [-0.1, -0.05) is 17.7 Å². The van der Waals surface area contributed by atoms with E-state index in [0.29, 0.717) is 6.54 Å². The molecule has 0 fully saturated rings. The molecule has 1 heterocycles. The minimum absolute atomic E-state index is 0.0538. The van der Waals surface area contributed by atoms with Crippen LogP contribution in [0.25, 0.3) is 0 Å². The standard InChI is InChI=1S/C16H20N2OS/c1-4-17-15-8-7-12(2)10-14(15)16(19)18(3)11-13-6-5-9-20-13/h5-10,17H,4,11H2,1-3H3. The van der Waals surface area contributed by atoms with E-state index in [1.54, 1.807) is 16.2 Å². The highest BCUT2D eigenvalue weighted by atomic mass is 32.1. The maximum absolute atomic E-state index is 12.6. The number of benzene rings is 1. The van der Waals surface area contributed by atoms with Crippen molar-refractivity contribution in [3.05, 3.63) is 51.7 Å². The molecule has 106 valence electrons. The predicted octanol–water partition coefficient (Wildman–Crippen LogP) is 3.76. The van der Waals surface area contributed by atoms with Crippen molar-refractivity contribution in [1.29, 1.82) is 0 Å². The molecule has 0 aliphatic carbocycles. The zero-order valence-corrected chi connectivity index (χ0v) is 13.0. The number of aryl methyl sites for hydroxylation is 1. The predicted molar refractivity (Wildman–Crippen MR) is 85.5 cm³/mol. The molecule has 0 unspecified atom stereocenters. The first-order valence-electron chi connectivity index (χ1n) is 6.74. The lowest BCUT2D eigenvalue weighted by Crippen LogP contribution is -2.26. The van der Waals surface area contributed by atoms with Gasteiger partial charge in [0.05, 0.1) is 12.1 Å². The number of thiophene rings is 1. The van der Waals surface area contributed by atoms with E-state index in [1.165, 1.54) is 4.88 Å². The van der Waals surface area contributed by atoms with Crippen molar-refractivity contribution in [3.8, 4) is 0 Å². The average Bonchev–Trinajstić information content (AvgIpc) is 2.93. The molecule has 1 aromatic carbocycles. The Bertz CT molecular complexity index is 578. The third-order valence-electron chi connectivity index (χ3n) is 3.09. The molecule has 2 rings (SSSR count). The summed E-state index contributed by atoms with van der Waals surface area (Å²) in [5, 5.41) is 5.29. The maximum atomic E-state index is 12.6. The van der Waals surface area contributed by atoms with Gasteiger partial charge in [-0.25, -0.2) is 0 Å². The SMILES string of the molecule is CCNc1ccc(C)cc1C(=O)N(C)Cc1cccs1. The lowest BCUT2D eigenvalue weighted by Gasteiger charge is -2.19. The van der Waals surface area contributed by atoms with Crippen LogP contribution in [0.2, 0.25) is 0 Å². The molecule has 1 aromatic heterocycles. The Kier molecular flexibility index (Phi) is 4.79. The van der Waals surface area contributed by atoms with Crippen LogP contribution in [-0.4, -0.2) is 24.4 Å². The van der Waals surface area contributed by atoms with Gasteiger partial charge in [0, 0.05) is 24.2 Å². The van der Waals surface area contributed by atoms with Crippen LogP contribution in [0.1, 0.15) is 27.7 Å². The number of hydrogen-bond donors (Lipinski definition) is 1. The highest BCUT2D eigenvalue weighted by Gasteiger charge is 2.16. The highest BCUT2D eigenvalue weighted by Crippen LogP contribution is 2.20. The van der Waals surface area contributed by atoms with Crippen LogP contribution in [0, 0.1) is 6.92 Å². The monoisotopic (exact) mass is 288 g/mol. The van der Waals surface area contributed by atoms with Crippen LogP contribution in [0.5, 0.6) is 0 Å². The summed E-state index contributed by atoms with van der Waals surface area (Å²) in [4.78, 5) is 15.6. The molecule has 20 heavy (non-hydrogen) atoms. The second-order valence-corrected chi connectivity index (χ2v) is 5.85. The molecule has 1 N–H and O–H groups in total. The summed E-state index contributed by atoms with van der Waals surface area (Å²) < 4.78 is 0. The zero-order valence-electron chi connectivity index (χ0n) is 12.1. The number of rotatable bonds is 5. The third kappa shape index (κ3) is 3.39. The summed E-state index contributed by atoms with van der Waals surface area (Å²) in [6.45, 7) is 5.49. The number of carbonyl (C=O) groups is 1. The minimum atomic E-state index is 0.0538. The highest BCUT2D eigenvalue weighted by molar-refractivity contribution is 7.09. The van der Waals surface area contributed by atoms with Gasteiger partial charge in [-0.3, -0.25) is 4.79 Å². The second kappa shape index (κ2) is 6.57. The lowest BCUT2D eigenvalue weighted by molar-refractivity contribution is 0.0787. The Balaban J connectivity index is 2.21. The van der Waals surface area contributed by atoms with Crippen LogP contribution < -0.4 is 5.32 Å². The summed E-state index contributed by atoms with van der Waals surface area (Å²) in [7, 11) is 1.85. The van der Waals surface area contributed by atoms with E-state index in [2.05, 4.69) is 11.4 Å². The van der Waals surface area contributed by atoms with E-state index in [-0.39, 0.29) is 5.91 Å². The van der Waals surface area contributed by atoms with E-state index in [1.807, 2.05) is 50.5 Å². The number of nitrogens with zero attached hydrogens (tertiary/aromatic N) is 1. The fraction of sp³-hybridized carbons (Fsp3) is 0.312. The smallest absolute Gasteiger partial charge is 0.256 e. The van der Waals surface area contributed by atoms with Gasteiger partial charge < -0.3 is 10.2 Å². The molecule has 0 aliphatic rings. The summed E-state index contributed by atoms with van der Waals surface area (Å²) in [5.74, 6) is 0.0538. The van der Waals surface area contributed by atoms with Crippen molar-refractivity contribution in [2.24, 2.45) is 0 Å². The van der Waals surface area contributed by atoms with E-state index in [9.17, 15) is 4.79 Å². The number of carbonyl (C=O) groups excluding carboxylic acids is 1. The minimum Gasteiger partial charge on any atom is -0.385 e. The summed E-state index contributed by atoms with van der Waals surface area (Å²) >= 11 is 1.67. The quantitative estimate of drug-likeness (QED) is 0.908. The molecule has 2 aromatic rings. The first-order chi connectivity index (χ1) is 9.61. The molecule has 0 radical (unpaired) electrons. The Labute approximate surface area is 124 Å². The third-order valence-corrected chi connectivity index (χ3v) is 3.95. The van der Waals surface area contributed by atoms with Crippen molar-refractivity contribution in [3.63, 3.8) is 0 Å². The van der Waals surface area contributed by atoms with Gasteiger partial charge in [-0.2, -0.15) is 0 Å². The summed E-state index contributed by atoms with van der Waals surface area (Å²) in [6.07, 6.45) is 0. The molecule has 0 aliphatic heterocycles. The Hall–Kier alpha value is -1.81. The molecule has 0 bridgehead atoms. The number of hydrogen-bond acceptors (Lipinski definition) is 3. The van der Waals surface area contributed by atoms with Crippen molar-refractivity contribution in [2.75, 3.05) is 18.9 Å². The van der Waals surface area contributed by atoms with Gasteiger partial charge in [0.25, 0.3) is 5.91 Å². The molecular weight excluding hydrogens is 268 g/mol. The van der Waals surface area contributed by atoms with E-state index < -0.39 is 0 Å². The topological polar surface area (TPSA) is 32.3 Å². The normalized spacial score (nSPS) is 10.3. The van der Waals surface area contributed by atoms with Gasteiger partial charge in [0.15, 0.2) is 0 Å². The summed E-state index contributed by atoms with van der Waals surface area (Å²) in [5.41, 5.74) is 2.74. The van der Waals surface area contributed by atoms with Crippen molar-refractivity contribution < 1.29 is 4.79 Å². The molecule has 0 saturated heterocycles. The van der Waals surface area contributed by atoms with Crippen LogP contribution in [0.3, 0.4) is 0 Å². The van der Waals surface area contributed by atoms with E-state index in [4.69, 9.17) is 0 Å². The lowest BCUT2D eigenvalue weighted by atomic mass is 10.1. The largest absolute Gasteiger partial charge is 0.385 e. The van der Waals surface area contributed by atoms with Gasteiger partial charge in [0.2, 0.25) is 0 Å². The molecule has 0 atom stereocenters. The Morgan fingerprint density at radius 2 is 2.15 bits per heavy atom. The van der Waals surface area contributed by atoms with Crippen molar-refractivity contribution in [1.82, 2.24) is 4.90 Å². The molecule has 0 spiro atoms. The maximum Gasteiger partial charge on any atom is 0.256 e. The van der Waals surface area contributed by atoms with Crippen LogP contribution >= 0.6 is 11.3 Å². The van der Waals surface area contributed by atoms with Gasteiger partial charge in [-0.05, 0) is 37.4 Å². The summed E-state index contributed by atoms with van der Waals surface area (Å²) in [6, 6.07) is 10.0. The van der Waals surface area contributed by atoms with Crippen molar-refractivity contribution in [2.45, 2.75) is 20.4 Å². The number of amides is 1. The second-order valence-electron chi connectivity index (χ2n) is 4.82. The first kappa shape index (κ1) is 14.6. The number of nitrogens with one attached hydrogen (secondary N) is 1. The van der Waals surface area contributed by atoms with Gasteiger partial charge in [0.1, 0.15) is 0 Å². The van der Waals surface area contributed by atoms with Gasteiger partial charge in [-0.15, -0.1) is 11.3 Å². The molecule has 3 nitrogen and oxygen atoms in total. The molecule has 4 heteroatoms.